The van der Waals surface area contributed by atoms with E-state index in [0.717, 1.165) is 5.56 Å². The van der Waals surface area contributed by atoms with Crippen molar-refractivity contribution in [2.45, 2.75) is 18.3 Å². The van der Waals surface area contributed by atoms with Gasteiger partial charge in [0.25, 0.3) is 0 Å². The molecule has 0 unspecified atom stereocenters. The maximum Gasteiger partial charge on any atom is 0.230 e. The highest BCUT2D eigenvalue weighted by Gasteiger charge is 2.13. The maximum absolute atomic E-state index is 12.1. The highest BCUT2D eigenvalue weighted by atomic mass is 32.2. The molecule has 0 atom stereocenters. The van der Waals surface area contributed by atoms with Gasteiger partial charge in [-0.25, -0.2) is 0 Å². The fourth-order valence-corrected chi connectivity index (χ4v) is 3.21. The van der Waals surface area contributed by atoms with Gasteiger partial charge in [0.15, 0.2) is 22.5 Å². The minimum atomic E-state index is -0.0522. The van der Waals surface area contributed by atoms with E-state index in [2.05, 4.69) is 15.5 Å². The average Bonchev–Trinajstić information content (AvgIpc) is 3.09. The molecule has 3 rings (SSSR count). The summed E-state index contributed by atoms with van der Waals surface area (Å²) in [5.41, 5.74) is 1.07. The van der Waals surface area contributed by atoms with Crippen molar-refractivity contribution >= 4 is 17.7 Å². The first-order valence-electron chi connectivity index (χ1n) is 8.75. The molecule has 0 saturated heterocycles. The van der Waals surface area contributed by atoms with E-state index in [1.807, 2.05) is 66.2 Å². The smallest absolute Gasteiger partial charge is 0.230 e. The average molecular weight is 398 g/mol. The Hall–Kier alpha value is -3.00. The van der Waals surface area contributed by atoms with E-state index < -0.39 is 0 Å². The fraction of sp³-hybridized carbons (Fsp3) is 0.250. The van der Waals surface area contributed by atoms with Gasteiger partial charge in [0, 0.05) is 13.6 Å². The highest BCUT2D eigenvalue weighted by Crippen LogP contribution is 2.26. The molecule has 0 aliphatic carbocycles. The predicted molar refractivity (Wildman–Crippen MR) is 107 cm³/mol. The fourth-order valence-electron chi connectivity index (χ4n) is 2.45. The van der Waals surface area contributed by atoms with Crippen molar-refractivity contribution in [2.24, 2.45) is 7.05 Å². The molecule has 0 radical (unpaired) electrons. The normalized spacial score (nSPS) is 10.5. The summed E-state index contributed by atoms with van der Waals surface area (Å²) in [7, 11) is 3.45. The second-order valence-corrected chi connectivity index (χ2v) is 6.89. The molecule has 0 aliphatic heterocycles. The van der Waals surface area contributed by atoms with E-state index in [9.17, 15) is 4.79 Å². The number of hydrogen-bond donors (Lipinski definition) is 1. The lowest BCUT2D eigenvalue weighted by molar-refractivity contribution is -0.118. The van der Waals surface area contributed by atoms with Gasteiger partial charge in [0.2, 0.25) is 5.91 Å². The van der Waals surface area contributed by atoms with Crippen molar-refractivity contribution < 1.29 is 14.3 Å². The van der Waals surface area contributed by atoms with E-state index in [0.29, 0.717) is 29.0 Å². The van der Waals surface area contributed by atoms with Gasteiger partial charge in [0.05, 0.1) is 12.9 Å². The van der Waals surface area contributed by atoms with Crippen LogP contribution in [0.5, 0.6) is 11.5 Å². The van der Waals surface area contributed by atoms with Gasteiger partial charge in [0.1, 0.15) is 6.61 Å². The summed E-state index contributed by atoms with van der Waals surface area (Å²) in [6.45, 7) is 0.766. The van der Waals surface area contributed by atoms with Crippen molar-refractivity contribution in [3.63, 3.8) is 0 Å². The van der Waals surface area contributed by atoms with Crippen LogP contribution >= 0.6 is 11.8 Å². The Labute approximate surface area is 168 Å². The number of carbonyl (C=O) groups excluding carboxylic acids is 1. The second-order valence-electron chi connectivity index (χ2n) is 5.95. The molecule has 1 heterocycles. The lowest BCUT2D eigenvalue weighted by Gasteiger charge is -2.10. The van der Waals surface area contributed by atoms with Crippen LogP contribution in [-0.4, -0.2) is 33.5 Å². The number of ether oxygens (including phenoxy) is 2. The van der Waals surface area contributed by atoms with Gasteiger partial charge in [-0.2, -0.15) is 0 Å². The van der Waals surface area contributed by atoms with Crippen LogP contribution in [0.4, 0.5) is 0 Å². The first-order valence-corrected chi connectivity index (χ1v) is 9.73. The third-order valence-corrected chi connectivity index (χ3v) is 5.04. The molecule has 7 nitrogen and oxygen atoms in total. The number of methoxy groups -OCH3 is 1. The quantitative estimate of drug-likeness (QED) is 0.559. The number of carbonyl (C=O) groups is 1. The molecule has 8 heteroatoms. The third-order valence-electron chi connectivity index (χ3n) is 4.02. The van der Waals surface area contributed by atoms with Crippen LogP contribution in [0.1, 0.15) is 11.4 Å². The van der Waals surface area contributed by atoms with Crippen LogP contribution in [0.15, 0.2) is 59.8 Å². The molecule has 0 fully saturated rings. The van der Waals surface area contributed by atoms with Crippen molar-refractivity contribution in [3.05, 3.63) is 66.0 Å². The molecule has 1 amide bonds. The Morgan fingerprint density at radius 2 is 1.79 bits per heavy atom. The number of benzene rings is 2. The van der Waals surface area contributed by atoms with Crippen LogP contribution in [0.3, 0.4) is 0 Å². The first kappa shape index (κ1) is 19.8. The lowest BCUT2D eigenvalue weighted by atomic mass is 10.2. The molecule has 3 aromatic rings. The molecule has 0 bridgehead atoms. The van der Waals surface area contributed by atoms with Gasteiger partial charge >= 0.3 is 0 Å². The summed E-state index contributed by atoms with van der Waals surface area (Å²) in [5, 5.41) is 11.9. The number of para-hydroxylation sites is 2. The Balaban J connectivity index is 1.49. The zero-order valence-electron chi connectivity index (χ0n) is 15.8. The van der Waals surface area contributed by atoms with Gasteiger partial charge in [-0.15, -0.1) is 10.2 Å². The lowest BCUT2D eigenvalue weighted by Crippen LogP contribution is -2.24. The topological polar surface area (TPSA) is 78.3 Å². The third kappa shape index (κ3) is 5.26. The van der Waals surface area contributed by atoms with E-state index >= 15 is 0 Å². The number of nitrogens with zero attached hydrogens (tertiary/aromatic N) is 3. The Bertz CT molecular complexity index is 915. The summed E-state index contributed by atoms with van der Waals surface area (Å²) >= 11 is 1.34. The van der Waals surface area contributed by atoms with Crippen LogP contribution in [0.25, 0.3) is 0 Å². The van der Waals surface area contributed by atoms with Crippen LogP contribution in [0.2, 0.25) is 0 Å². The molecule has 0 aliphatic rings. The van der Waals surface area contributed by atoms with Crippen LogP contribution in [-0.2, 0) is 25.0 Å². The second kappa shape index (κ2) is 9.80. The first-order chi connectivity index (χ1) is 13.7. The van der Waals surface area contributed by atoms with E-state index in [1.54, 1.807) is 7.11 Å². The largest absolute Gasteiger partial charge is 0.493 e. The number of aromatic nitrogens is 3. The predicted octanol–water partition coefficient (Wildman–Crippen LogP) is 2.81. The minimum absolute atomic E-state index is 0.0522. The van der Waals surface area contributed by atoms with E-state index in [1.165, 1.54) is 11.8 Å². The summed E-state index contributed by atoms with van der Waals surface area (Å²) < 4.78 is 12.9. The zero-order chi connectivity index (χ0) is 19.8. The molecule has 146 valence electrons. The Morgan fingerprint density at radius 3 is 2.54 bits per heavy atom. The molecule has 1 aromatic heterocycles. The van der Waals surface area contributed by atoms with Gasteiger partial charge in [-0.3, -0.25) is 4.79 Å². The molecule has 0 spiro atoms. The molecule has 28 heavy (non-hydrogen) atoms. The SMILES string of the molecule is COc1ccccc1OCc1nnc(SCC(=O)NCc2ccccc2)n1C. The monoisotopic (exact) mass is 398 g/mol. The number of nitrogens with one attached hydrogen (secondary N) is 1. The number of rotatable bonds is 9. The number of amides is 1. The van der Waals surface area contributed by atoms with Crippen molar-refractivity contribution in [1.82, 2.24) is 20.1 Å². The van der Waals surface area contributed by atoms with Gasteiger partial charge < -0.3 is 19.4 Å². The van der Waals surface area contributed by atoms with Gasteiger partial charge in [-0.05, 0) is 17.7 Å². The Kier molecular flexibility index (Phi) is 6.91. The Morgan fingerprint density at radius 1 is 1.07 bits per heavy atom. The summed E-state index contributed by atoms with van der Waals surface area (Å²) in [4.78, 5) is 12.1. The molecule has 1 N–H and O–H groups in total. The van der Waals surface area contributed by atoms with Crippen molar-refractivity contribution in [1.29, 1.82) is 0 Å². The van der Waals surface area contributed by atoms with Crippen LogP contribution < -0.4 is 14.8 Å². The van der Waals surface area contributed by atoms with Crippen LogP contribution in [0, 0.1) is 0 Å². The summed E-state index contributed by atoms with van der Waals surface area (Å²) in [6.07, 6.45) is 0. The number of hydrogen-bond acceptors (Lipinski definition) is 6. The van der Waals surface area contributed by atoms with E-state index in [-0.39, 0.29) is 18.3 Å². The molecular formula is C20H22N4O3S. The number of thioether (sulfide) groups is 1. The van der Waals surface area contributed by atoms with Gasteiger partial charge in [-0.1, -0.05) is 54.2 Å². The summed E-state index contributed by atoms with van der Waals surface area (Å²) in [5.74, 6) is 2.19. The standard InChI is InChI=1S/C20H22N4O3S/c1-24-18(13-27-17-11-7-6-10-16(17)26-2)22-23-20(24)28-14-19(25)21-12-15-8-4-3-5-9-15/h3-11H,12-14H2,1-2H3,(H,21,25). The van der Waals surface area contributed by atoms with E-state index in [4.69, 9.17) is 9.47 Å². The molecule has 2 aromatic carbocycles. The zero-order valence-corrected chi connectivity index (χ0v) is 16.6. The molecular weight excluding hydrogens is 376 g/mol. The summed E-state index contributed by atoms with van der Waals surface area (Å²) in [6, 6.07) is 17.2. The maximum atomic E-state index is 12.1. The minimum Gasteiger partial charge on any atom is -0.493 e. The van der Waals surface area contributed by atoms with Crippen molar-refractivity contribution in [3.8, 4) is 11.5 Å². The van der Waals surface area contributed by atoms with Crippen molar-refractivity contribution in [2.75, 3.05) is 12.9 Å². The molecule has 0 saturated carbocycles. The highest BCUT2D eigenvalue weighted by molar-refractivity contribution is 7.99.